The fraction of sp³-hybridized carbons (Fsp3) is 0.538. The molecule has 0 aliphatic carbocycles. The summed E-state index contributed by atoms with van der Waals surface area (Å²) in [5.74, 6) is 0. The Kier molecular flexibility index (Phi) is 2.37. The molecule has 1 N–H and O–H groups in total. The van der Waals surface area contributed by atoms with Crippen molar-refractivity contribution < 1.29 is 0 Å². The van der Waals surface area contributed by atoms with Crippen LogP contribution in [0, 0.1) is 6.92 Å². The van der Waals surface area contributed by atoms with Gasteiger partial charge in [0.05, 0.1) is 10.7 Å². The van der Waals surface area contributed by atoms with Gasteiger partial charge in [0.15, 0.2) is 0 Å². The third-order valence-corrected chi connectivity index (χ3v) is 4.27. The van der Waals surface area contributed by atoms with Crippen molar-refractivity contribution in [2.45, 2.75) is 32.4 Å². The van der Waals surface area contributed by atoms with Crippen molar-refractivity contribution in [1.29, 1.82) is 0 Å². The predicted molar refractivity (Wildman–Crippen MR) is 68.5 cm³/mol. The number of hydrogen-bond donors (Lipinski definition) is 1. The van der Waals surface area contributed by atoms with Crippen molar-refractivity contribution in [3.05, 3.63) is 28.3 Å². The average molecular weight is 237 g/mol. The van der Waals surface area contributed by atoms with Crippen molar-refractivity contribution in [2.75, 3.05) is 18.0 Å². The van der Waals surface area contributed by atoms with Gasteiger partial charge in [-0.25, -0.2) is 0 Å². The van der Waals surface area contributed by atoms with Crippen LogP contribution in [0.5, 0.6) is 0 Å². The number of anilines is 1. The average Bonchev–Trinajstić information content (AvgIpc) is 2.64. The molecule has 3 heteroatoms. The van der Waals surface area contributed by atoms with Gasteiger partial charge in [0.1, 0.15) is 0 Å². The number of halogens is 1. The maximum absolute atomic E-state index is 6.46. The molecule has 86 valence electrons. The van der Waals surface area contributed by atoms with Crippen molar-refractivity contribution >= 4 is 17.3 Å². The molecule has 2 atom stereocenters. The van der Waals surface area contributed by atoms with Crippen LogP contribution in [0.3, 0.4) is 0 Å². The molecule has 2 aliphatic heterocycles. The molecular formula is C13H17ClN2. The molecule has 1 aromatic rings. The topological polar surface area (TPSA) is 15.3 Å². The lowest BCUT2D eigenvalue weighted by atomic mass is 10.1. The molecule has 0 spiro atoms. The zero-order chi connectivity index (χ0) is 11.3. The Balaban J connectivity index is 2.11. The predicted octanol–water partition coefficient (Wildman–Crippen LogP) is 2.37. The first-order valence-corrected chi connectivity index (χ1v) is 6.33. The number of piperazine rings is 1. The lowest BCUT2D eigenvalue weighted by molar-refractivity contribution is 0.430. The van der Waals surface area contributed by atoms with Crippen LogP contribution in [0.1, 0.15) is 18.1 Å². The molecular weight excluding hydrogens is 220 g/mol. The summed E-state index contributed by atoms with van der Waals surface area (Å²) in [4.78, 5) is 2.52. The third-order valence-electron chi connectivity index (χ3n) is 3.79. The van der Waals surface area contributed by atoms with Crippen molar-refractivity contribution in [3.8, 4) is 0 Å². The fourth-order valence-electron chi connectivity index (χ4n) is 2.99. The molecule has 1 aromatic carbocycles. The van der Waals surface area contributed by atoms with Gasteiger partial charge in [-0.3, -0.25) is 0 Å². The molecule has 2 heterocycles. The Labute approximate surface area is 102 Å². The second-order valence-corrected chi connectivity index (χ2v) is 5.35. The van der Waals surface area contributed by atoms with E-state index in [1.807, 2.05) is 0 Å². The van der Waals surface area contributed by atoms with Crippen LogP contribution in [0.25, 0.3) is 0 Å². The molecule has 1 saturated heterocycles. The molecule has 2 aliphatic rings. The normalized spacial score (nSPS) is 27.8. The van der Waals surface area contributed by atoms with Gasteiger partial charge in [-0.15, -0.1) is 0 Å². The summed E-state index contributed by atoms with van der Waals surface area (Å²) in [6, 6.07) is 5.51. The Bertz CT molecular complexity index is 430. The highest BCUT2D eigenvalue weighted by atomic mass is 35.5. The number of aryl methyl sites for hydroxylation is 1. The van der Waals surface area contributed by atoms with E-state index in [-0.39, 0.29) is 0 Å². The second-order valence-electron chi connectivity index (χ2n) is 4.98. The van der Waals surface area contributed by atoms with Crippen LogP contribution in [-0.2, 0) is 6.42 Å². The number of rotatable bonds is 0. The van der Waals surface area contributed by atoms with Gasteiger partial charge in [-0.2, -0.15) is 0 Å². The molecule has 0 aromatic heterocycles. The second kappa shape index (κ2) is 3.64. The van der Waals surface area contributed by atoms with Gasteiger partial charge >= 0.3 is 0 Å². The third kappa shape index (κ3) is 1.36. The summed E-state index contributed by atoms with van der Waals surface area (Å²) >= 11 is 6.46. The molecule has 0 radical (unpaired) electrons. The molecule has 0 unspecified atom stereocenters. The zero-order valence-corrected chi connectivity index (χ0v) is 10.5. The lowest BCUT2D eigenvalue weighted by Crippen LogP contribution is -2.54. The van der Waals surface area contributed by atoms with Gasteiger partial charge in [0.25, 0.3) is 0 Å². The zero-order valence-electron chi connectivity index (χ0n) is 9.76. The van der Waals surface area contributed by atoms with Crippen LogP contribution in [0.2, 0.25) is 5.02 Å². The van der Waals surface area contributed by atoms with Crippen molar-refractivity contribution in [3.63, 3.8) is 0 Å². The summed E-state index contributed by atoms with van der Waals surface area (Å²) in [5, 5.41) is 4.44. The number of nitrogens with one attached hydrogen (secondary N) is 1. The molecule has 0 saturated carbocycles. The summed E-state index contributed by atoms with van der Waals surface area (Å²) < 4.78 is 0. The first-order valence-electron chi connectivity index (χ1n) is 5.95. The van der Waals surface area contributed by atoms with Crippen LogP contribution in [0.4, 0.5) is 5.69 Å². The Morgan fingerprint density at radius 2 is 2.19 bits per heavy atom. The Hall–Kier alpha value is -0.730. The summed E-state index contributed by atoms with van der Waals surface area (Å²) in [6.45, 7) is 6.49. The molecule has 0 bridgehead atoms. The van der Waals surface area contributed by atoms with Gasteiger partial charge < -0.3 is 10.2 Å². The largest absolute Gasteiger partial charge is 0.362 e. The van der Waals surface area contributed by atoms with Crippen molar-refractivity contribution in [1.82, 2.24) is 5.32 Å². The van der Waals surface area contributed by atoms with E-state index in [2.05, 4.69) is 36.2 Å². The van der Waals surface area contributed by atoms with E-state index in [9.17, 15) is 0 Å². The first-order chi connectivity index (χ1) is 7.68. The minimum absolute atomic E-state index is 0.541. The quantitative estimate of drug-likeness (QED) is 0.744. The fourth-order valence-corrected chi connectivity index (χ4v) is 3.27. The minimum atomic E-state index is 0.541. The highest BCUT2D eigenvalue weighted by Crippen LogP contribution is 2.41. The van der Waals surface area contributed by atoms with Crippen LogP contribution >= 0.6 is 11.6 Å². The standard InChI is InChI=1S/C13H17ClN2/c1-8-3-4-10-5-11-7-15-6-9(2)16(11)13(10)12(8)14/h3-4,9,11,15H,5-7H2,1-2H3/t9-,11-/m1/s1. The van der Waals surface area contributed by atoms with E-state index in [1.54, 1.807) is 0 Å². The molecule has 3 rings (SSSR count). The SMILES string of the molecule is Cc1ccc2c(c1Cl)N1[C@@H](CNC[C@H]1C)C2. The van der Waals surface area contributed by atoms with Gasteiger partial charge in [-0.05, 0) is 31.4 Å². The van der Waals surface area contributed by atoms with Crippen LogP contribution < -0.4 is 10.2 Å². The number of benzene rings is 1. The Morgan fingerprint density at radius 3 is 3.00 bits per heavy atom. The molecule has 2 nitrogen and oxygen atoms in total. The van der Waals surface area contributed by atoms with E-state index in [0.717, 1.165) is 24.5 Å². The smallest absolute Gasteiger partial charge is 0.0671 e. The summed E-state index contributed by atoms with van der Waals surface area (Å²) in [5.41, 5.74) is 3.89. The van der Waals surface area contributed by atoms with Gasteiger partial charge in [-0.1, -0.05) is 23.7 Å². The highest BCUT2D eigenvalue weighted by molar-refractivity contribution is 6.34. The van der Waals surface area contributed by atoms with E-state index >= 15 is 0 Å². The number of nitrogens with zero attached hydrogens (tertiary/aromatic N) is 1. The summed E-state index contributed by atoms with van der Waals surface area (Å²) in [6.07, 6.45) is 1.13. The highest BCUT2D eigenvalue weighted by Gasteiger charge is 2.36. The van der Waals surface area contributed by atoms with Crippen LogP contribution in [-0.4, -0.2) is 25.2 Å². The summed E-state index contributed by atoms with van der Waals surface area (Å²) in [7, 11) is 0. The maximum Gasteiger partial charge on any atom is 0.0671 e. The lowest BCUT2D eigenvalue weighted by Gasteiger charge is -2.39. The van der Waals surface area contributed by atoms with E-state index in [0.29, 0.717) is 12.1 Å². The monoisotopic (exact) mass is 236 g/mol. The Morgan fingerprint density at radius 1 is 1.38 bits per heavy atom. The van der Waals surface area contributed by atoms with Gasteiger partial charge in [0, 0.05) is 25.2 Å². The number of fused-ring (bicyclic) bond motifs is 3. The number of hydrogen-bond acceptors (Lipinski definition) is 2. The molecule has 16 heavy (non-hydrogen) atoms. The van der Waals surface area contributed by atoms with E-state index in [1.165, 1.54) is 16.8 Å². The first kappa shape index (κ1) is 10.4. The molecule has 1 fully saturated rings. The minimum Gasteiger partial charge on any atom is -0.362 e. The molecule has 0 amide bonds. The van der Waals surface area contributed by atoms with E-state index in [4.69, 9.17) is 11.6 Å². The maximum atomic E-state index is 6.46. The van der Waals surface area contributed by atoms with E-state index < -0.39 is 0 Å². The van der Waals surface area contributed by atoms with Crippen molar-refractivity contribution in [2.24, 2.45) is 0 Å². The van der Waals surface area contributed by atoms with Crippen LogP contribution in [0.15, 0.2) is 12.1 Å². The van der Waals surface area contributed by atoms with Gasteiger partial charge in [0.2, 0.25) is 0 Å².